The molecule has 1 aromatic heterocycles. The highest BCUT2D eigenvalue weighted by atomic mass is 32.2. The number of ether oxygens (including phenoxy) is 16. The van der Waals surface area contributed by atoms with Crippen LogP contribution in [-0.2, 0) is 104 Å². The first-order chi connectivity index (χ1) is 57.5. The SMILES string of the molecule is CCC(C)(C)N[C@H](CSCC(OC)[C@@H](O[C@@H]1OC(CO)[C@@H](O[C@H](OCCO)[C@@H](O)C(O)CO[C@H]2OC(CSC)[C@@H](O[C@H]3OC(CO)[C@@H](O[C@H]4OC(CO)[C@@H](O[C@H]5OC(CO)[C@@H](O)C(O)[C@@H]5O)C(O)[C@@H]4O)[C@H](O)C3O)[C@H](O)C2O)C(O)[C@@H]1O)C(O)[C@@H](C)O)C(=O)NCCC(=O)OCC(=O)OCOP(=O)(O)OC[C@H]1O[C@@H](n2ccc(N)nc2=O)C(F)(F)[C@@H]1O. The van der Waals surface area contributed by atoms with Crippen LogP contribution in [0.25, 0.3) is 0 Å². The van der Waals surface area contributed by atoms with Crippen molar-refractivity contribution in [2.24, 2.45) is 0 Å². The minimum Gasteiger partial charge on any atom is -0.454 e. The number of hydrogen-bond donors (Lipinski definition) is 25. The molecule has 708 valence electrons. The van der Waals surface area contributed by atoms with Gasteiger partial charge in [-0.2, -0.15) is 37.3 Å². The molecule has 37 atom stereocenters. The van der Waals surface area contributed by atoms with E-state index < -0.39 is 336 Å². The molecule has 0 spiro atoms. The van der Waals surface area contributed by atoms with E-state index in [2.05, 4.69) is 29.4 Å². The fraction of sp³-hybridized carbons (Fsp3) is 0.896. The number of nitrogens with one attached hydrogen (secondary N) is 2. The van der Waals surface area contributed by atoms with Crippen LogP contribution in [0.1, 0.15) is 46.8 Å². The number of esters is 2. The lowest BCUT2D eigenvalue weighted by molar-refractivity contribution is -0.387. The fourth-order valence-corrected chi connectivity index (χ4v) is 15.4. The quantitative estimate of drug-likeness (QED) is 0.0164. The Morgan fingerprint density at radius 3 is 1.74 bits per heavy atom. The van der Waals surface area contributed by atoms with Gasteiger partial charge < -0.3 is 204 Å². The number of nitrogens with two attached hydrogens (primary N) is 1. The highest BCUT2D eigenvalue weighted by Gasteiger charge is 2.61. The number of hydrogen-bond acceptors (Lipinski definition) is 49. The van der Waals surface area contributed by atoms with Gasteiger partial charge in [0, 0.05) is 42.6 Å². The predicted molar refractivity (Wildman–Crippen MR) is 397 cm³/mol. The molecule has 1 amide bonds. The number of rotatable bonds is 48. The molecule has 1 aromatic rings. The molecule has 55 heteroatoms. The second-order valence-electron chi connectivity index (χ2n) is 29.5. The number of halogens is 2. The summed E-state index contributed by atoms with van der Waals surface area (Å²) in [6, 6.07) is -0.0487. The van der Waals surface area contributed by atoms with Crippen molar-refractivity contribution >= 4 is 55.0 Å². The number of nitrogen functional groups attached to an aromatic ring is 1. The van der Waals surface area contributed by atoms with Crippen molar-refractivity contribution in [2.45, 2.75) is 273 Å². The Morgan fingerprint density at radius 2 is 1.20 bits per heavy atom. The van der Waals surface area contributed by atoms with E-state index in [0.717, 1.165) is 35.8 Å². The molecule has 7 rings (SSSR count). The summed E-state index contributed by atoms with van der Waals surface area (Å²) < 4.78 is 141. The number of carbonyl (C=O) groups is 3. The Kier molecular flexibility index (Phi) is 41.7. The number of alkyl halides is 2. The summed E-state index contributed by atoms with van der Waals surface area (Å²) in [6.45, 7) is -3.72. The van der Waals surface area contributed by atoms with Crippen molar-refractivity contribution in [3.05, 3.63) is 22.7 Å². The zero-order valence-electron chi connectivity index (χ0n) is 66.5. The van der Waals surface area contributed by atoms with Crippen molar-refractivity contribution in [2.75, 3.05) is 109 Å². The second kappa shape index (κ2) is 48.3. The molecular weight excluding hydrogens is 1730 g/mol. The molecule has 14 unspecified atom stereocenters. The molecule has 50 nitrogen and oxygen atoms in total. The molecule has 0 radical (unpaired) electrons. The number of phosphoric ester groups is 1. The van der Waals surface area contributed by atoms with E-state index in [9.17, 15) is 145 Å². The highest BCUT2D eigenvalue weighted by molar-refractivity contribution is 7.99. The third-order valence-electron chi connectivity index (χ3n) is 20.3. The lowest BCUT2D eigenvalue weighted by atomic mass is 9.95. The monoisotopic (exact) mass is 1840 g/mol. The maximum absolute atomic E-state index is 14.9. The van der Waals surface area contributed by atoms with E-state index in [4.69, 9.17) is 76.8 Å². The molecule has 7 heterocycles. The number of aliphatic hydroxyl groups is 21. The van der Waals surface area contributed by atoms with Gasteiger partial charge in [-0.1, -0.05) is 6.92 Å². The lowest BCUT2D eigenvalue weighted by Gasteiger charge is -2.49. The summed E-state index contributed by atoms with van der Waals surface area (Å²) in [6.07, 6.45) is -65.3. The van der Waals surface area contributed by atoms with E-state index >= 15 is 0 Å². The van der Waals surface area contributed by atoms with Gasteiger partial charge in [0.15, 0.2) is 50.5 Å². The Morgan fingerprint density at radius 1 is 0.672 bits per heavy atom. The fourth-order valence-electron chi connectivity index (χ4n) is 13.1. The number of amides is 1. The normalized spacial score (nSPS) is 36.4. The zero-order valence-corrected chi connectivity index (χ0v) is 69.0. The van der Waals surface area contributed by atoms with Crippen LogP contribution in [0.2, 0.25) is 0 Å². The highest BCUT2D eigenvalue weighted by Crippen LogP contribution is 2.47. The number of thioether (sulfide) groups is 2. The van der Waals surface area contributed by atoms with E-state index in [-0.39, 0.29) is 29.6 Å². The van der Waals surface area contributed by atoms with Gasteiger partial charge in [-0.05, 0) is 39.5 Å². The van der Waals surface area contributed by atoms with Gasteiger partial charge in [0.05, 0.1) is 83.6 Å². The molecule has 6 aliphatic heterocycles. The minimum atomic E-state index is -5.23. The maximum Gasteiger partial charge on any atom is 0.475 e. The number of methoxy groups -OCH3 is 1. The summed E-state index contributed by atoms with van der Waals surface area (Å²) >= 11 is 2.14. The van der Waals surface area contributed by atoms with E-state index in [1.165, 1.54) is 14.0 Å². The predicted octanol–water partition coefficient (Wildman–Crippen LogP) is -13.0. The van der Waals surface area contributed by atoms with Gasteiger partial charge in [0.2, 0.25) is 18.9 Å². The Labute approximate surface area is 702 Å². The molecule has 0 aromatic carbocycles. The van der Waals surface area contributed by atoms with Crippen molar-refractivity contribution in [1.29, 1.82) is 0 Å². The molecule has 6 aliphatic rings. The number of carbonyl (C=O) groups excluding carboxylic acids is 3. The van der Waals surface area contributed by atoms with Crippen LogP contribution in [-0.4, -0.2) is 469 Å². The zero-order chi connectivity index (χ0) is 90.7. The van der Waals surface area contributed by atoms with Crippen LogP contribution < -0.4 is 22.1 Å². The Bertz CT molecular complexity index is 3440. The molecule has 0 aliphatic carbocycles. The summed E-state index contributed by atoms with van der Waals surface area (Å²) in [4.78, 5) is 64.2. The number of anilines is 1. The standard InChI is InChI=1S/C67H114F2N5O45PS2/c1-7-66(3,4)73-26(57(98)71-10-8-36(82)104-20-37(83)106-24-108-120(100,101)107-19-32-56(97)67(68,69)64(114-32)74-11-9-35(70)72-65(74)99)21-122-23-33(102-5)54(38(84)25(2)80)118-62-48(94)43(89)51(29(15-77)110-62)115-58(103-13-12-75)39(85)27(81)18-105-59-47(93)42(88)55(34(113-59)22-121-6)119-63-50(96)45(91)53(31(17-79)112-63)117-61-49(95)44(90)52(30(16-78)111-61)116-60-46(92)41(87)40(86)28(14-76)109-60/h9,11,25-34,38-56,58-64,73,75-81,84-97H,7-8,10,12-24H2,1-6H3,(H,71,98)(H,100,101)(H2,70,72,99)/t25-,26-,27?,28?,29?,30?,31?,32-,33?,34?,38?,39+,40-,41?,42-,43?,44?,45-,46+,47?,48+,49+,50?,51-,52-,53-,54-,55-,56-,58+,59+,60-,61-,62+,63-,64-/m1/s1. The van der Waals surface area contributed by atoms with Gasteiger partial charge in [-0.25, -0.2) is 18.7 Å². The van der Waals surface area contributed by atoms with E-state index in [0.29, 0.717) is 11.0 Å². The van der Waals surface area contributed by atoms with Crippen LogP contribution in [0, 0.1) is 0 Å². The van der Waals surface area contributed by atoms with Crippen LogP contribution in [0.3, 0.4) is 0 Å². The van der Waals surface area contributed by atoms with Crippen molar-refractivity contribution in [3.8, 4) is 0 Å². The Balaban J connectivity index is 0.880. The van der Waals surface area contributed by atoms with Crippen LogP contribution in [0.15, 0.2) is 17.1 Å². The molecule has 26 N–H and O–H groups in total. The van der Waals surface area contributed by atoms with Gasteiger partial charge >= 0.3 is 31.4 Å². The summed E-state index contributed by atoms with van der Waals surface area (Å²) in [5, 5.41) is 234. The second-order valence-corrected chi connectivity index (χ2v) is 33.0. The summed E-state index contributed by atoms with van der Waals surface area (Å²) in [5.74, 6) is -7.80. The third kappa shape index (κ3) is 27.5. The van der Waals surface area contributed by atoms with Crippen LogP contribution in [0.4, 0.5) is 14.6 Å². The van der Waals surface area contributed by atoms with Crippen molar-refractivity contribution < 1.29 is 225 Å². The molecule has 6 fully saturated rings. The first kappa shape index (κ1) is 105. The van der Waals surface area contributed by atoms with Crippen molar-refractivity contribution in [1.82, 2.24) is 20.2 Å². The van der Waals surface area contributed by atoms with Crippen LogP contribution in [0.5, 0.6) is 0 Å². The molecule has 0 bridgehead atoms. The van der Waals surface area contributed by atoms with Gasteiger partial charge in [-0.3, -0.25) is 18.7 Å². The topological polar surface area (TPSA) is 764 Å². The summed E-state index contributed by atoms with van der Waals surface area (Å²) in [7, 11) is -4.04. The number of nitrogens with zero attached hydrogens (tertiary/aromatic N) is 2. The molecule has 6 saturated heterocycles. The average molecular weight is 1840 g/mol. The first-order valence-corrected chi connectivity index (χ1v) is 42.2. The largest absolute Gasteiger partial charge is 0.475 e. The number of aromatic nitrogens is 2. The van der Waals surface area contributed by atoms with Crippen molar-refractivity contribution in [3.63, 3.8) is 0 Å². The van der Waals surface area contributed by atoms with Gasteiger partial charge in [-0.15, -0.1) is 0 Å². The lowest BCUT2D eigenvalue weighted by Crippen LogP contribution is -2.67. The maximum atomic E-state index is 14.9. The number of aliphatic hydroxyl groups excluding tert-OH is 21. The number of phosphoric acid groups is 1. The molecule has 0 saturated carbocycles. The third-order valence-corrected chi connectivity index (χ3v) is 23.1. The minimum absolute atomic E-state index is 0.0736. The van der Waals surface area contributed by atoms with Gasteiger partial charge in [0.25, 0.3) is 0 Å². The first-order valence-electron chi connectivity index (χ1n) is 38.2. The molecule has 122 heavy (non-hydrogen) atoms. The average Bonchev–Trinajstić information content (AvgIpc) is 1.51. The van der Waals surface area contributed by atoms with Gasteiger partial charge in [0.1, 0.15) is 152 Å². The van der Waals surface area contributed by atoms with E-state index in [1.807, 2.05) is 6.92 Å². The van der Waals surface area contributed by atoms with Crippen LogP contribution >= 0.6 is 31.3 Å². The molecular formula is C67H114F2N5O45PS2. The Hall–Kier alpha value is -3.68. The van der Waals surface area contributed by atoms with E-state index in [1.54, 1.807) is 20.1 Å². The summed E-state index contributed by atoms with van der Waals surface area (Å²) in [5.41, 5.74) is 3.42. The smallest absolute Gasteiger partial charge is 0.454 e.